The molecular weight excluding hydrogens is 402 g/mol. The summed E-state index contributed by atoms with van der Waals surface area (Å²) in [4.78, 5) is 27.5. The molecule has 1 N–H and O–H groups in total. The Morgan fingerprint density at radius 2 is 1.81 bits per heavy atom. The predicted molar refractivity (Wildman–Crippen MR) is 125 cm³/mol. The van der Waals surface area contributed by atoms with Crippen molar-refractivity contribution in [2.75, 3.05) is 6.54 Å². The van der Waals surface area contributed by atoms with Crippen LogP contribution < -0.4 is 4.74 Å². The number of amides is 1. The zero-order chi connectivity index (χ0) is 23.2. The molecule has 2 aliphatic heterocycles. The van der Waals surface area contributed by atoms with E-state index in [0.717, 1.165) is 29.7 Å². The molecule has 0 aliphatic carbocycles. The summed E-state index contributed by atoms with van der Waals surface area (Å²) >= 11 is 0. The van der Waals surface area contributed by atoms with Gasteiger partial charge in [0.25, 0.3) is 11.7 Å². The van der Waals surface area contributed by atoms with E-state index in [9.17, 15) is 14.7 Å². The zero-order valence-electron chi connectivity index (χ0n) is 19.4. The van der Waals surface area contributed by atoms with E-state index >= 15 is 0 Å². The number of aliphatic hydroxyl groups is 1. The van der Waals surface area contributed by atoms with E-state index in [4.69, 9.17) is 4.74 Å². The monoisotopic (exact) mass is 433 g/mol. The van der Waals surface area contributed by atoms with E-state index in [1.165, 1.54) is 5.56 Å². The highest BCUT2D eigenvalue weighted by atomic mass is 16.5. The third-order valence-corrected chi connectivity index (χ3v) is 6.27. The van der Waals surface area contributed by atoms with E-state index in [-0.39, 0.29) is 22.9 Å². The number of likely N-dealkylation sites (tertiary alicyclic amines) is 1. The highest BCUT2D eigenvalue weighted by Gasteiger charge is 2.45. The molecule has 0 saturated carbocycles. The molecule has 0 bridgehead atoms. The molecule has 2 atom stereocenters. The predicted octanol–water partition coefficient (Wildman–Crippen LogP) is 5.14. The van der Waals surface area contributed by atoms with Crippen molar-refractivity contribution in [2.45, 2.75) is 65.0 Å². The molecule has 5 nitrogen and oxygen atoms in total. The Hall–Kier alpha value is -3.08. The lowest BCUT2D eigenvalue weighted by atomic mass is 9.85. The van der Waals surface area contributed by atoms with Crippen LogP contribution in [0.3, 0.4) is 0 Å². The van der Waals surface area contributed by atoms with Crippen LogP contribution in [0.5, 0.6) is 5.75 Å². The summed E-state index contributed by atoms with van der Waals surface area (Å²) in [5.41, 5.74) is 3.67. The minimum absolute atomic E-state index is 0.00656. The Balaban J connectivity index is 1.82. The SMILES string of the molecule is CCCN1C(=O)C(=O)/C(=C(\O)c2ccc3c(c2)CC(C)O3)C1c1ccc(C(C)(C)C)cc1. The van der Waals surface area contributed by atoms with Gasteiger partial charge in [-0.2, -0.15) is 0 Å². The number of fused-ring (bicyclic) bond motifs is 1. The molecule has 2 aliphatic rings. The lowest BCUT2D eigenvalue weighted by Gasteiger charge is -2.26. The number of ether oxygens (including phenoxy) is 1. The van der Waals surface area contributed by atoms with E-state index in [1.807, 2.05) is 50.2 Å². The normalized spacial score (nSPS) is 22.2. The van der Waals surface area contributed by atoms with E-state index in [2.05, 4.69) is 20.8 Å². The summed E-state index contributed by atoms with van der Waals surface area (Å²) < 4.78 is 5.76. The van der Waals surface area contributed by atoms with Crippen LogP contribution in [0, 0.1) is 0 Å². The Labute approximate surface area is 189 Å². The van der Waals surface area contributed by atoms with Crippen LogP contribution in [0.25, 0.3) is 5.76 Å². The smallest absolute Gasteiger partial charge is 0.295 e. The number of benzene rings is 2. The van der Waals surface area contributed by atoms with Crippen molar-refractivity contribution < 1.29 is 19.4 Å². The van der Waals surface area contributed by atoms with Crippen LogP contribution in [-0.4, -0.2) is 34.3 Å². The third kappa shape index (κ3) is 3.81. The summed E-state index contributed by atoms with van der Waals surface area (Å²) in [7, 11) is 0. The van der Waals surface area contributed by atoms with Crippen LogP contribution in [-0.2, 0) is 21.4 Å². The van der Waals surface area contributed by atoms with Crippen LogP contribution in [0.15, 0.2) is 48.0 Å². The van der Waals surface area contributed by atoms with Gasteiger partial charge in [-0.05, 0) is 53.6 Å². The van der Waals surface area contributed by atoms with Crippen LogP contribution >= 0.6 is 0 Å². The average molecular weight is 434 g/mol. The van der Waals surface area contributed by atoms with Gasteiger partial charge in [0.15, 0.2) is 0 Å². The third-order valence-electron chi connectivity index (χ3n) is 6.27. The number of ketones is 1. The number of hydrogen-bond acceptors (Lipinski definition) is 4. The van der Waals surface area contributed by atoms with Gasteiger partial charge in [-0.3, -0.25) is 9.59 Å². The molecule has 2 aromatic carbocycles. The molecule has 0 radical (unpaired) electrons. The second-order valence-electron chi connectivity index (χ2n) is 9.82. The summed E-state index contributed by atoms with van der Waals surface area (Å²) in [5.74, 6) is -0.522. The van der Waals surface area contributed by atoms with Crippen molar-refractivity contribution in [2.24, 2.45) is 0 Å². The van der Waals surface area contributed by atoms with Gasteiger partial charge in [0.2, 0.25) is 0 Å². The van der Waals surface area contributed by atoms with Gasteiger partial charge in [-0.15, -0.1) is 0 Å². The van der Waals surface area contributed by atoms with Crippen molar-refractivity contribution in [3.63, 3.8) is 0 Å². The highest BCUT2D eigenvalue weighted by molar-refractivity contribution is 6.46. The Bertz CT molecular complexity index is 1090. The Morgan fingerprint density at radius 1 is 1.12 bits per heavy atom. The first-order valence-electron chi connectivity index (χ1n) is 11.3. The summed E-state index contributed by atoms with van der Waals surface area (Å²) in [6.45, 7) is 10.8. The van der Waals surface area contributed by atoms with Gasteiger partial charge in [0.05, 0.1) is 11.6 Å². The van der Waals surface area contributed by atoms with Crippen molar-refractivity contribution in [3.8, 4) is 5.75 Å². The molecule has 4 rings (SSSR count). The molecule has 5 heteroatoms. The van der Waals surface area contributed by atoms with Crippen molar-refractivity contribution in [1.29, 1.82) is 0 Å². The summed E-state index contributed by atoms with van der Waals surface area (Å²) in [6, 6.07) is 12.8. The van der Waals surface area contributed by atoms with Crippen molar-refractivity contribution >= 4 is 17.4 Å². The summed E-state index contributed by atoms with van der Waals surface area (Å²) in [5, 5.41) is 11.2. The quantitative estimate of drug-likeness (QED) is 0.412. The fourth-order valence-corrected chi connectivity index (χ4v) is 4.59. The Morgan fingerprint density at radius 3 is 2.44 bits per heavy atom. The van der Waals surface area contributed by atoms with Gasteiger partial charge < -0.3 is 14.7 Å². The lowest BCUT2D eigenvalue weighted by Crippen LogP contribution is -2.30. The molecule has 32 heavy (non-hydrogen) atoms. The van der Waals surface area contributed by atoms with Crippen molar-refractivity contribution in [1.82, 2.24) is 4.90 Å². The highest BCUT2D eigenvalue weighted by Crippen LogP contribution is 2.41. The fraction of sp³-hybridized carbons (Fsp3) is 0.407. The molecule has 2 heterocycles. The molecule has 0 spiro atoms. The van der Waals surface area contributed by atoms with E-state index in [1.54, 1.807) is 11.0 Å². The number of carbonyl (C=O) groups is 2. The first-order valence-corrected chi connectivity index (χ1v) is 11.3. The minimum atomic E-state index is -0.633. The van der Waals surface area contributed by atoms with Crippen molar-refractivity contribution in [3.05, 3.63) is 70.3 Å². The fourth-order valence-electron chi connectivity index (χ4n) is 4.59. The maximum atomic E-state index is 13.1. The molecule has 2 unspecified atom stereocenters. The van der Waals surface area contributed by atoms with Gasteiger partial charge in [-0.25, -0.2) is 0 Å². The molecule has 0 aromatic heterocycles. The first kappa shape index (κ1) is 22.1. The van der Waals surface area contributed by atoms with Crippen LogP contribution in [0.4, 0.5) is 0 Å². The average Bonchev–Trinajstić information content (AvgIpc) is 3.24. The molecule has 1 fully saturated rings. The number of hydrogen-bond donors (Lipinski definition) is 1. The second-order valence-corrected chi connectivity index (χ2v) is 9.82. The van der Waals surface area contributed by atoms with Crippen LogP contribution in [0.2, 0.25) is 0 Å². The van der Waals surface area contributed by atoms with Gasteiger partial charge in [0.1, 0.15) is 17.6 Å². The molecule has 2 aromatic rings. The standard InChI is InChI=1S/C27H31NO4/c1-6-13-28-23(17-7-10-20(11-8-17)27(3,4)5)22(25(30)26(28)31)24(29)18-9-12-21-19(15-18)14-16(2)32-21/h7-12,15-16,23,29H,6,13-14H2,1-5H3/b24-22-. The minimum Gasteiger partial charge on any atom is -0.507 e. The zero-order valence-corrected chi connectivity index (χ0v) is 19.4. The summed E-state index contributed by atoms with van der Waals surface area (Å²) in [6.07, 6.45) is 1.55. The molecular formula is C27H31NO4. The van der Waals surface area contributed by atoms with Gasteiger partial charge >= 0.3 is 0 Å². The number of Topliss-reactive ketones (excluding diaryl/α,β-unsaturated/α-hetero) is 1. The lowest BCUT2D eigenvalue weighted by molar-refractivity contribution is -0.139. The van der Waals surface area contributed by atoms with E-state index in [0.29, 0.717) is 12.1 Å². The maximum absolute atomic E-state index is 13.1. The largest absolute Gasteiger partial charge is 0.507 e. The first-order chi connectivity index (χ1) is 15.1. The number of aliphatic hydroxyl groups excluding tert-OH is 1. The molecule has 168 valence electrons. The maximum Gasteiger partial charge on any atom is 0.295 e. The van der Waals surface area contributed by atoms with Gasteiger partial charge in [-0.1, -0.05) is 52.0 Å². The van der Waals surface area contributed by atoms with Gasteiger partial charge in [0, 0.05) is 18.5 Å². The second kappa shape index (κ2) is 8.12. The van der Waals surface area contributed by atoms with Crippen LogP contribution in [0.1, 0.15) is 69.3 Å². The van der Waals surface area contributed by atoms with E-state index < -0.39 is 17.7 Å². The Kier molecular flexibility index (Phi) is 5.61. The molecule has 1 amide bonds. The number of rotatable bonds is 4. The number of nitrogens with zero attached hydrogens (tertiary/aromatic N) is 1. The topological polar surface area (TPSA) is 66.8 Å². The molecule has 1 saturated heterocycles. The number of carbonyl (C=O) groups excluding carboxylic acids is 2.